The van der Waals surface area contributed by atoms with Crippen LogP contribution in [-0.2, 0) is 5.41 Å². The first kappa shape index (κ1) is 19.4. The number of ether oxygens (including phenoxy) is 1. The summed E-state index contributed by atoms with van der Waals surface area (Å²) in [7, 11) is 7.33. The zero-order valence-electron chi connectivity index (χ0n) is 14.0. The van der Waals surface area contributed by atoms with Crippen LogP contribution in [-0.4, -0.2) is 24.0 Å². The molecule has 1 rings (SSSR count). The molecule has 6 heteroatoms. The Morgan fingerprint density at radius 3 is 2.41 bits per heavy atom. The van der Waals surface area contributed by atoms with Gasteiger partial charge in [-0.15, -0.1) is 0 Å². The first-order valence-electron chi connectivity index (χ1n) is 7.58. The summed E-state index contributed by atoms with van der Waals surface area (Å²) in [5.41, 5.74) is 0.754. The van der Waals surface area contributed by atoms with E-state index in [0.29, 0.717) is 6.42 Å². The van der Waals surface area contributed by atoms with E-state index in [-0.39, 0.29) is 11.2 Å². The van der Waals surface area contributed by atoms with E-state index in [1.165, 1.54) is 6.20 Å². The summed E-state index contributed by atoms with van der Waals surface area (Å²) in [6.07, 6.45) is 4.36. The summed E-state index contributed by atoms with van der Waals surface area (Å²) in [5, 5.41) is -2.39. The van der Waals surface area contributed by atoms with Crippen LogP contribution in [0.2, 0.25) is 0 Å². The maximum absolute atomic E-state index is 14.7. The first-order chi connectivity index (χ1) is 9.98. The Hall–Kier alpha value is -0.695. The van der Waals surface area contributed by atoms with E-state index in [2.05, 4.69) is 4.98 Å². The second-order valence-corrected chi connectivity index (χ2v) is 7.31. The lowest BCUT2D eigenvalue weighted by Crippen LogP contribution is -2.52. The third-order valence-corrected chi connectivity index (χ3v) is 5.46. The molecule has 122 valence electrons. The summed E-state index contributed by atoms with van der Waals surface area (Å²) in [6.45, 7) is 9.51. The predicted octanol–water partition coefficient (Wildman–Crippen LogP) is 4.53. The molecule has 0 aliphatic carbocycles. The van der Waals surface area contributed by atoms with E-state index >= 15 is 0 Å². The van der Waals surface area contributed by atoms with Crippen LogP contribution in [0, 0.1) is 5.92 Å². The average Bonchev–Trinajstić information content (AvgIpc) is 2.45. The lowest BCUT2D eigenvalue weighted by Gasteiger charge is -2.38. The molecule has 2 radical (unpaired) electrons. The molecule has 0 bridgehead atoms. The van der Waals surface area contributed by atoms with E-state index in [1.807, 2.05) is 30.0 Å². The molecule has 1 aromatic rings. The van der Waals surface area contributed by atoms with E-state index in [1.54, 1.807) is 26.1 Å². The molecule has 0 fully saturated rings. The van der Waals surface area contributed by atoms with Crippen molar-refractivity contribution in [1.82, 2.24) is 4.98 Å². The van der Waals surface area contributed by atoms with Gasteiger partial charge in [-0.05, 0) is 35.8 Å². The summed E-state index contributed by atoms with van der Waals surface area (Å²) in [4.78, 5) is 4.05. The molecule has 2 nitrogen and oxygen atoms in total. The number of pyridine rings is 1. The Morgan fingerprint density at radius 1 is 1.32 bits per heavy atom. The highest BCUT2D eigenvalue weighted by Gasteiger charge is 2.51. The van der Waals surface area contributed by atoms with Crippen molar-refractivity contribution in [3.05, 3.63) is 24.0 Å². The standard InChI is InChI=1S/C16H25BF2NOP/c1-6-11(3)15(18,22)16(17,19)21-13-8-12(9-20-10-13)14(4,5)7-2/h8-11H,6-7,22H2,1-5H3. The molecular weight excluding hydrogens is 302 g/mol. The van der Waals surface area contributed by atoms with Gasteiger partial charge >= 0.3 is 0 Å². The number of hydrogen-bond acceptors (Lipinski definition) is 2. The molecule has 0 saturated heterocycles. The second kappa shape index (κ2) is 6.82. The maximum Gasteiger partial charge on any atom is 0.234 e. The monoisotopic (exact) mass is 327 g/mol. The zero-order chi connectivity index (χ0) is 17.2. The summed E-state index contributed by atoms with van der Waals surface area (Å²) in [6, 6.07) is 1.66. The topological polar surface area (TPSA) is 22.1 Å². The molecular formula is C16H25BF2NOP. The Bertz CT molecular complexity index is 509. The summed E-state index contributed by atoms with van der Waals surface area (Å²) < 4.78 is 34.4. The zero-order valence-corrected chi connectivity index (χ0v) is 15.1. The number of hydrogen-bond donors (Lipinski definition) is 0. The van der Waals surface area contributed by atoms with Crippen molar-refractivity contribution in [2.24, 2.45) is 5.92 Å². The molecule has 0 spiro atoms. The fraction of sp³-hybridized carbons (Fsp3) is 0.688. The van der Waals surface area contributed by atoms with Gasteiger partial charge in [-0.1, -0.05) is 43.9 Å². The van der Waals surface area contributed by atoms with Crippen molar-refractivity contribution in [2.75, 3.05) is 0 Å². The van der Waals surface area contributed by atoms with Crippen LogP contribution >= 0.6 is 9.24 Å². The Morgan fingerprint density at radius 2 is 1.91 bits per heavy atom. The number of halogens is 2. The van der Waals surface area contributed by atoms with E-state index < -0.39 is 17.1 Å². The lowest BCUT2D eigenvalue weighted by atomic mass is 9.82. The van der Waals surface area contributed by atoms with Crippen LogP contribution in [0.4, 0.5) is 8.78 Å². The van der Waals surface area contributed by atoms with Crippen molar-refractivity contribution < 1.29 is 13.5 Å². The van der Waals surface area contributed by atoms with Gasteiger partial charge in [0.1, 0.15) is 5.75 Å². The van der Waals surface area contributed by atoms with Gasteiger partial charge in [0.2, 0.25) is 5.75 Å². The predicted molar refractivity (Wildman–Crippen MR) is 90.8 cm³/mol. The van der Waals surface area contributed by atoms with Crippen molar-refractivity contribution >= 4 is 17.1 Å². The molecule has 0 aromatic carbocycles. The average molecular weight is 327 g/mol. The molecule has 4 unspecified atom stereocenters. The van der Waals surface area contributed by atoms with Crippen molar-refractivity contribution in [3.8, 4) is 5.75 Å². The Kier molecular flexibility index (Phi) is 6.00. The highest BCUT2D eigenvalue weighted by atomic mass is 31.0. The van der Waals surface area contributed by atoms with Crippen LogP contribution in [0.3, 0.4) is 0 Å². The van der Waals surface area contributed by atoms with Crippen molar-refractivity contribution in [2.45, 2.75) is 64.0 Å². The van der Waals surface area contributed by atoms with Crippen molar-refractivity contribution in [3.63, 3.8) is 0 Å². The SMILES string of the molecule is [B]C(F)(Oc1cncc(C(C)(C)CC)c1)C(F)(P)C(C)CC. The fourth-order valence-electron chi connectivity index (χ4n) is 1.93. The minimum Gasteiger partial charge on any atom is -0.462 e. The molecule has 0 N–H and O–H groups in total. The number of alkyl halides is 2. The fourth-order valence-corrected chi connectivity index (χ4v) is 2.23. The third kappa shape index (κ3) is 3.98. The maximum atomic E-state index is 14.7. The van der Waals surface area contributed by atoms with Crippen molar-refractivity contribution in [1.29, 1.82) is 0 Å². The number of nitrogens with zero attached hydrogens (tertiary/aromatic N) is 1. The van der Waals surface area contributed by atoms with E-state index in [9.17, 15) is 8.78 Å². The first-order valence-corrected chi connectivity index (χ1v) is 8.15. The third-order valence-electron chi connectivity index (χ3n) is 4.50. The van der Waals surface area contributed by atoms with E-state index in [4.69, 9.17) is 12.6 Å². The largest absolute Gasteiger partial charge is 0.462 e. The molecule has 4 atom stereocenters. The summed E-state index contributed by atoms with van der Waals surface area (Å²) >= 11 is 0. The highest BCUT2D eigenvalue weighted by molar-refractivity contribution is 7.19. The van der Waals surface area contributed by atoms with Gasteiger partial charge in [-0.3, -0.25) is 4.98 Å². The van der Waals surface area contributed by atoms with Gasteiger partial charge in [0, 0.05) is 6.20 Å². The van der Waals surface area contributed by atoms with Crippen LogP contribution in [0.25, 0.3) is 0 Å². The van der Waals surface area contributed by atoms with Crippen LogP contribution in [0.1, 0.15) is 53.0 Å². The Labute approximate surface area is 136 Å². The minimum absolute atomic E-state index is 0.122. The van der Waals surface area contributed by atoms with Gasteiger partial charge in [0.15, 0.2) is 13.3 Å². The van der Waals surface area contributed by atoms with Gasteiger partial charge in [-0.2, -0.15) is 0 Å². The second-order valence-electron chi connectivity index (χ2n) is 6.47. The van der Waals surface area contributed by atoms with E-state index in [0.717, 1.165) is 12.0 Å². The van der Waals surface area contributed by atoms with Gasteiger partial charge in [0.05, 0.1) is 6.20 Å². The quantitative estimate of drug-likeness (QED) is 0.542. The molecule has 0 aliphatic rings. The van der Waals surface area contributed by atoms with Crippen LogP contribution in [0.15, 0.2) is 18.5 Å². The number of rotatable bonds is 7. The molecule has 22 heavy (non-hydrogen) atoms. The Balaban J connectivity index is 3.06. The van der Waals surface area contributed by atoms with Gasteiger partial charge < -0.3 is 4.74 Å². The molecule has 1 heterocycles. The smallest absolute Gasteiger partial charge is 0.234 e. The van der Waals surface area contributed by atoms with Crippen LogP contribution in [0.5, 0.6) is 5.75 Å². The highest BCUT2D eigenvalue weighted by Crippen LogP contribution is 2.43. The summed E-state index contributed by atoms with van der Waals surface area (Å²) in [5.74, 6) is -3.45. The minimum atomic E-state index is -2.95. The molecule has 0 saturated carbocycles. The molecule has 0 amide bonds. The molecule has 1 aromatic heterocycles. The van der Waals surface area contributed by atoms with Crippen LogP contribution < -0.4 is 4.74 Å². The lowest BCUT2D eigenvalue weighted by molar-refractivity contribution is -0.0882. The van der Waals surface area contributed by atoms with Gasteiger partial charge in [-0.25, -0.2) is 8.78 Å². The molecule has 0 aliphatic heterocycles. The number of aromatic nitrogens is 1. The normalized spacial score (nSPS) is 19.1. The van der Waals surface area contributed by atoms with Gasteiger partial charge in [0.25, 0.3) is 0 Å².